The van der Waals surface area contributed by atoms with E-state index in [1.165, 1.54) is 12.1 Å². The normalized spacial score (nSPS) is 13.8. The minimum atomic E-state index is -0.833. The van der Waals surface area contributed by atoms with Gasteiger partial charge in [-0.25, -0.2) is 0 Å². The highest BCUT2D eigenvalue weighted by Crippen LogP contribution is 2.37. The number of hydrogen-bond donors (Lipinski definition) is 2. The van der Waals surface area contributed by atoms with Crippen molar-refractivity contribution in [2.75, 3.05) is 11.9 Å². The molecule has 1 aliphatic heterocycles. The highest BCUT2D eigenvalue weighted by molar-refractivity contribution is 6.68. The molecule has 0 saturated heterocycles. The molecule has 0 aliphatic carbocycles. The van der Waals surface area contributed by atoms with Crippen molar-refractivity contribution >= 4 is 28.4 Å². The van der Waals surface area contributed by atoms with E-state index >= 15 is 0 Å². The fourth-order valence-electron chi connectivity index (χ4n) is 1.33. The lowest BCUT2D eigenvalue weighted by Gasteiger charge is -2.19. The number of phenolic OH excluding ortho intramolecular Hbond substituents is 1. The molecule has 0 bridgehead atoms. The fraction of sp³-hybridized carbons (Fsp3) is 0.111. The number of hydrogen-bond acceptors (Lipinski definition) is 4. The van der Waals surface area contributed by atoms with Crippen LogP contribution in [0.2, 0.25) is 0 Å². The Morgan fingerprint density at radius 1 is 1.53 bits per heavy atom. The first-order valence-electron chi connectivity index (χ1n) is 4.08. The topological polar surface area (TPSA) is 75.6 Å². The van der Waals surface area contributed by atoms with Gasteiger partial charge in [0.25, 0.3) is 11.1 Å². The molecule has 6 heteroatoms. The van der Waals surface area contributed by atoms with Crippen LogP contribution in [-0.2, 0) is 4.79 Å². The lowest BCUT2D eigenvalue weighted by molar-refractivity contribution is -0.118. The smallest absolute Gasteiger partial charge is 0.262 e. The molecule has 78 valence electrons. The monoisotopic (exact) mass is 227 g/mol. The van der Waals surface area contributed by atoms with Crippen LogP contribution in [0.4, 0.5) is 5.69 Å². The van der Waals surface area contributed by atoms with E-state index in [-0.39, 0.29) is 29.6 Å². The number of halogens is 1. The van der Waals surface area contributed by atoms with Gasteiger partial charge in [0.15, 0.2) is 12.4 Å². The van der Waals surface area contributed by atoms with Crippen molar-refractivity contribution < 1.29 is 19.4 Å². The average Bonchev–Trinajstić information content (AvgIpc) is 2.17. The molecule has 0 fully saturated rings. The predicted molar refractivity (Wildman–Crippen MR) is 52.4 cm³/mol. The van der Waals surface area contributed by atoms with Crippen molar-refractivity contribution in [2.24, 2.45) is 0 Å². The van der Waals surface area contributed by atoms with Crippen molar-refractivity contribution in [1.29, 1.82) is 0 Å². The first kappa shape index (κ1) is 9.79. The zero-order valence-corrected chi connectivity index (χ0v) is 8.17. The minimum Gasteiger partial charge on any atom is -0.507 e. The highest BCUT2D eigenvalue weighted by atomic mass is 35.5. The zero-order valence-electron chi connectivity index (χ0n) is 7.41. The van der Waals surface area contributed by atoms with Gasteiger partial charge in [0.2, 0.25) is 0 Å². The summed E-state index contributed by atoms with van der Waals surface area (Å²) in [6.45, 7) is -0.201. The third-order valence-electron chi connectivity index (χ3n) is 1.95. The first-order chi connectivity index (χ1) is 7.09. The molecule has 1 aromatic rings. The quantitative estimate of drug-likeness (QED) is 0.557. The van der Waals surface area contributed by atoms with Gasteiger partial charge in [-0.15, -0.1) is 0 Å². The maximum Gasteiger partial charge on any atom is 0.262 e. The minimum absolute atomic E-state index is 0.106. The average molecular weight is 228 g/mol. The van der Waals surface area contributed by atoms with E-state index in [1.807, 2.05) is 0 Å². The maximum absolute atomic E-state index is 11.0. The van der Waals surface area contributed by atoms with Crippen LogP contribution in [0.15, 0.2) is 12.1 Å². The Balaban J connectivity index is 2.60. The predicted octanol–water partition coefficient (Wildman–Crippen LogP) is 1.10. The summed E-state index contributed by atoms with van der Waals surface area (Å²) < 4.78 is 5.03. The number of nitrogens with one attached hydrogen (secondary N) is 1. The molecule has 1 amide bonds. The van der Waals surface area contributed by atoms with E-state index in [1.54, 1.807) is 0 Å². The van der Waals surface area contributed by atoms with Crippen molar-refractivity contribution in [1.82, 2.24) is 0 Å². The number of ether oxygens (including phenoxy) is 1. The van der Waals surface area contributed by atoms with Gasteiger partial charge in [-0.1, -0.05) is 0 Å². The Hall–Kier alpha value is -1.75. The van der Waals surface area contributed by atoms with Crippen molar-refractivity contribution in [3.63, 3.8) is 0 Å². The summed E-state index contributed by atoms with van der Waals surface area (Å²) in [5.41, 5.74) is 0.196. The van der Waals surface area contributed by atoms with Crippen LogP contribution >= 0.6 is 11.6 Å². The molecule has 0 aromatic heterocycles. The molecule has 0 unspecified atom stereocenters. The van der Waals surface area contributed by atoms with Gasteiger partial charge in [-0.2, -0.15) is 0 Å². The van der Waals surface area contributed by atoms with E-state index in [9.17, 15) is 14.7 Å². The summed E-state index contributed by atoms with van der Waals surface area (Å²) in [6, 6.07) is 2.70. The molecule has 0 radical (unpaired) electrons. The van der Waals surface area contributed by atoms with Crippen LogP contribution in [0.1, 0.15) is 10.4 Å². The van der Waals surface area contributed by atoms with E-state index in [2.05, 4.69) is 5.32 Å². The number of phenols is 1. The summed E-state index contributed by atoms with van der Waals surface area (Å²) in [7, 11) is 0. The lowest BCUT2D eigenvalue weighted by Crippen LogP contribution is -2.26. The van der Waals surface area contributed by atoms with Gasteiger partial charge in [0.05, 0.1) is 5.69 Å². The van der Waals surface area contributed by atoms with Gasteiger partial charge >= 0.3 is 0 Å². The van der Waals surface area contributed by atoms with Crippen LogP contribution in [0.5, 0.6) is 11.5 Å². The number of carbonyl (C=O) groups is 2. The number of carbonyl (C=O) groups excluding carboxylic acids is 2. The zero-order chi connectivity index (χ0) is 11.0. The van der Waals surface area contributed by atoms with Crippen LogP contribution in [0, 0.1) is 0 Å². The van der Waals surface area contributed by atoms with Crippen molar-refractivity contribution in [2.45, 2.75) is 0 Å². The van der Waals surface area contributed by atoms with E-state index < -0.39 is 5.24 Å². The Kier molecular flexibility index (Phi) is 2.24. The van der Waals surface area contributed by atoms with Gasteiger partial charge < -0.3 is 15.2 Å². The maximum atomic E-state index is 11.0. The molecule has 1 aliphatic rings. The number of anilines is 1. The molecule has 0 spiro atoms. The SMILES string of the molecule is O=C1COc2c(ccc(O)c2C(=O)Cl)N1. The number of amides is 1. The molecular formula is C9H6ClNO4. The second-order valence-corrected chi connectivity index (χ2v) is 3.29. The van der Waals surface area contributed by atoms with Gasteiger partial charge in [-0.05, 0) is 23.7 Å². The van der Waals surface area contributed by atoms with Gasteiger partial charge in [-0.3, -0.25) is 9.59 Å². The summed E-state index contributed by atoms with van der Waals surface area (Å²) in [5.74, 6) is -0.485. The van der Waals surface area contributed by atoms with Gasteiger partial charge in [0, 0.05) is 0 Å². The number of rotatable bonds is 1. The standard InChI is InChI=1S/C9H6ClNO4/c10-9(14)7-5(12)2-1-4-8(7)15-3-6(13)11-4/h1-2,12H,3H2,(H,11,13). The first-order valence-corrected chi connectivity index (χ1v) is 4.46. The largest absolute Gasteiger partial charge is 0.507 e. The van der Waals surface area contributed by atoms with Crippen LogP contribution < -0.4 is 10.1 Å². The van der Waals surface area contributed by atoms with Crippen LogP contribution in [0.25, 0.3) is 0 Å². The Morgan fingerprint density at radius 3 is 2.93 bits per heavy atom. The van der Waals surface area contributed by atoms with E-state index in [0.29, 0.717) is 5.69 Å². The molecule has 0 atom stereocenters. The van der Waals surface area contributed by atoms with Crippen LogP contribution in [0.3, 0.4) is 0 Å². The molecule has 5 nitrogen and oxygen atoms in total. The molecule has 1 heterocycles. The second-order valence-electron chi connectivity index (χ2n) is 2.95. The second kappa shape index (κ2) is 3.43. The molecule has 15 heavy (non-hydrogen) atoms. The fourth-order valence-corrected chi connectivity index (χ4v) is 1.52. The van der Waals surface area contributed by atoms with Crippen LogP contribution in [-0.4, -0.2) is 22.9 Å². The Labute approximate surface area is 89.6 Å². The highest BCUT2D eigenvalue weighted by Gasteiger charge is 2.24. The summed E-state index contributed by atoms with van der Waals surface area (Å²) in [6.07, 6.45) is 0. The Bertz CT molecular complexity index is 458. The summed E-state index contributed by atoms with van der Waals surface area (Å²) >= 11 is 5.29. The van der Waals surface area contributed by atoms with Crippen molar-refractivity contribution in [3.8, 4) is 11.5 Å². The van der Waals surface area contributed by atoms with E-state index in [4.69, 9.17) is 16.3 Å². The molecule has 1 aromatic carbocycles. The number of aromatic hydroxyl groups is 1. The number of benzene rings is 1. The van der Waals surface area contributed by atoms with Gasteiger partial charge in [0.1, 0.15) is 11.3 Å². The third-order valence-corrected chi connectivity index (χ3v) is 2.14. The molecule has 2 N–H and O–H groups in total. The van der Waals surface area contributed by atoms with Crippen molar-refractivity contribution in [3.05, 3.63) is 17.7 Å². The lowest BCUT2D eigenvalue weighted by atomic mass is 10.1. The third kappa shape index (κ3) is 1.61. The molecule has 2 rings (SSSR count). The van der Waals surface area contributed by atoms with E-state index in [0.717, 1.165) is 0 Å². The Morgan fingerprint density at radius 2 is 2.27 bits per heavy atom. The number of fused-ring (bicyclic) bond motifs is 1. The summed E-state index contributed by atoms with van der Waals surface area (Å²) in [4.78, 5) is 22.0. The summed E-state index contributed by atoms with van der Waals surface area (Å²) in [5, 5.41) is 11.1. The molecular weight excluding hydrogens is 222 g/mol. The molecule has 0 saturated carbocycles.